The fourth-order valence-corrected chi connectivity index (χ4v) is 4.65. The van der Waals surface area contributed by atoms with Crippen molar-refractivity contribution in [2.24, 2.45) is 7.05 Å². The Labute approximate surface area is 231 Å². The molecule has 1 aliphatic heterocycles. The van der Waals surface area contributed by atoms with Crippen LogP contribution in [0.1, 0.15) is 19.5 Å². The monoisotopic (exact) mass is 543 g/mol. The molecule has 1 aliphatic rings. The van der Waals surface area contributed by atoms with E-state index in [-0.39, 0.29) is 17.7 Å². The standard InChI is InChI=1S/C28H30FN9O2/c1-6-24(39)37-11-12-38(28(3,4)17-37)25-21(15-31-26(35-25)34-20-14-32-36(5)16-20)19-7-8-23(22(29)13-19)40-27-30-10-9-18(2)33-27/h6-10,13-16H,1,11-12,17H2,2-5H3,(H,31,34,35). The van der Waals surface area contributed by atoms with Crippen LogP contribution in [0.3, 0.4) is 0 Å². The number of anilines is 3. The maximum absolute atomic E-state index is 15.3. The number of aromatic nitrogens is 6. The molecule has 0 spiro atoms. The predicted molar refractivity (Wildman–Crippen MR) is 149 cm³/mol. The zero-order valence-corrected chi connectivity index (χ0v) is 22.8. The lowest BCUT2D eigenvalue weighted by Gasteiger charge is -2.48. The molecule has 11 nitrogen and oxygen atoms in total. The van der Waals surface area contributed by atoms with Crippen molar-refractivity contribution in [3.05, 3.63) is 73.2 Å². The van der Waals surface area contributed by atoms with Crippen LogP contribution in [0, 0.1) is 12.7 Å². The summed E-state index contributed by atoms with van der Waals surface area (Å²) in [4.78, 5) is 33.8. The first kappa shape index (κ1) is 26.7. The Morgan fingerprint density at radius 1 is 1.18 bits per heavy atom. The second kappa shape index (κ2) is 10.7. The van der Waals surface area contributed by atoms with Gasteiger partial charge in [0.15, 0.2) is 11.6 Å². The van der Waals surface area contributed by atoms with Gasteiger partial charge in [0, 0.05) is 56.5 Å². The fraction of sp³-hybridized carbons (Fsp3) is 0.286. The van der Waals surface area contributed by atoms with E-state index in [1.807, 2.05) is 27.1 Å². The van der Waals surface area contributed by atoms with Crippen LogP contribution in [0.4, 0.5) is 21.8 Å². The van der Waals surface area contributed by atoms with E-state index in [2.05, 4.69) is 36.8 Å². The molecule has 206 valence electrons. The third-order valence-corrected chi connectivity index (χ3v) is 6.59. The number of nitrogens with zero attached hydrogens (tertiary/aromatic N) is 8. The Bertz CT molecular complexity index is 1570. The molecule has 5 rings (SSSR count). The number of nitrogens with one attached hydrogen (secondary N) is 1. The number of carbonyl (C=O) groups is 1. The highest BCUT2D eigenvalue weighted by Crippen LogP contribution is 2.37. The lowest BCUT2D eigenvalue weighted by molar-refractivity contribution is -0.127. The van der Waals surface area contributed by atoms with Crippen molar-refractivity contribution in [2.75, 3.05) is 29.9 Å². The lowest BCUT2D eigenvalue weighted by atomic mass is 9.96. The number of hydrogen-bond donors (Lipinski definition) is 1. The maximum Gasteiger partial charge on any atom is 0.322 e. The molecular formula is C28H30FN9O2. The Balaban J connectivity index is 1.52. The SMILES string of the molecule is C=CC(=O)N1CCN(c2nc(Nc3cnn(C)c3)ncc2-c2ccc(Oc3nccc(C)n3)c(F)c2)C(C)(C)C1. The first-order valence-electron chi connectivity index (χ1n) is 12.7. The van der Waals surface area contributed by atoms with Crippen LogP contribution in [0.25, 0.3) is 11.1 Å². The van der Waals surface area contributed by atoms with Gasteiger partial charge in [0.2, 0.25) is 11.9 Å². The molecule has 4 heterocycles. The lowest BCUT2D eigenvalue weighted by Crippen LogP contribution is -2.60. The molecule has 0 saturated carbocycles. The molecule has 1 N–H and O–H groups in total. The number of hydrogen-bond acceptors (Lipinski definition) is 9. The van der Waals surface area contributed by atoms with Gasteiger partial charge in [-0.05, 0) is 50.6 Å². The number of piperazine rings is 1. The molecule has 1 saturated heterocycles. The summed E-state index contributed by atoms with van der Waals surface area (Å²) < 4.78 is 22.5. The minimum atomic E-state index is -0.577. The Hall–Kier alpha value is -4.87. The molecule has 4 aromatic rings. The maximum atomic E-state index is 15.3. The van der Waals surface area contributed by atoms with Gasteiger partial charge in [-0.3, -0.25) is 9.48 Å². The van der Waals surface area contributed by atoms with E-state index in [0.29, 0.717) is 48.2 Å². The minimum absolute atomic E-state index is 0.00330. The zero-order chi connectivity index (χ0) is 28.4. The normalized spacial score (nSPS) is 14.6. The first-order valence-corrected chi connectivity index (χ1v) is 12.7. The van der Waals surface area contributed by atoms with E-state index in [1.165, 1.54) is 18.2 Å². The highest BCUT2D eigenvalue weighted by molar-refractivity contribution is 5.87. The third-order valence-electron chi connectivity index (χ3n) is 6.59. The zero-order valence-electron chi connectivity index (χ0n) is 22.8. The highest BCUT2D eigenvalue weighted by atomic mass is 19.1. The highest BCUT2D eigenvalue weighted by Gasteiger charge is 2.37. The van der Waals surface area contributed by atoms with Crippen LogP contribution in [0.2, 0.25) is 0 Å². The molecule has 0 unspecified atom stereocenters. The van der Waals surface area contributed by atoms with E-state index >= 15 is 4.39 Å². The van der Waals surface area contributed by atoms with Gasteiger partial charge in [0.05, 0.1) is 17.4 Å². The van der Waals surface area contributed by atoms with Crippen LogP contribution in [-0.4, -0.2) is 65.7 Å². The van der Waals surface area contributed by atoms with E-state index in [1.54, 1.807) is 47.2 Å². The summed E-state index contributed by atoms with van der Waals surface area (Å²) in [5, 5.41) is 7.36. The van der Waals surface area contributed by atoms with Crippen LogP contribution in [-0.2, 0) is 11.8 Å². The number of rotatable bonds is 7. The molecule has 1 fully saturated rings. The smallest absolute Gasteiger partial charge is 0.322 e. The van der Waals surface area contributed by atoms with Crippen molar-refractivity contribution in [1.82, 2.24) is 34.6 Å². The van der Waals surface area contributed by atoms with Gasteiger partial charge < -0.3 is 19.9 Å². The van der Waals surface area contributed by atoms with Gasteiger partial charge in [-0.15, -0.1) is 0 Å². The number of ether oxygens (including phenoxy) is 1. The van der Waals surface area contributed by atoms with Crippen molar-refractivity contribution >= 4 is 23.4 Å². The van der Waals surface area contributed by atoms with Gasteiger partial charge in [0.25, 0.3) is 0 Å². The van der Waals surface area contributed by atoms with Gasteiger partial charge in [0.1, 0.15) is 5.82 Å². The summed E-state index contributed by atoms with van der Waals surface area (Å²) in [5.74, 6) is 0.275. The van der Waals surface area contributed by atoms with Crippen molar-refractivity contribution in [3.63, 3.8) is 0 Å². The second-order valence-corrected chi connectivity index (χ2v) is 10.1. The summed E-state index contributed by atoms with van der Waals surface area (Å²) >= 11 is 0. The van der Waals surface area contributed by atoms with Crippen LogP contribution >= 0.6 is 0 Å². The Morgan fingerprint density at radius 2 is 2.00 bits per heavy atom. The fourth-order valence-electron chi connectivity index (χ4n) is 4.65. The average Bonchev–Trinajstić information content (AvgIpc) is 3.33. The van der Waals surface area contributed by atoms with Crippen molar-refractivity contribution < 1.29 is 13.9 Å². The topological polar surface area (TPSA) is 114 Å². The van der Waals surface area contributed by atoms with Gasteiger partial charge in [-0.1, -0.05) is 12.6 Å². The average molecular weight is 544 g/mol. The molecule has 1 aromatic carbocycles. The quantitative estimate of drug-likeness (QED) is 0.342. The summed E-state index contributed by atoms with van der Waals surface area (Å²) in [7, 11) is 1.82. The van der Waals surface area contributed by atoms with Crippen LogP contribution in [0.15, 0.2) is 61.7 Å². The van der Waals surface area contributed by atoms with Crippen molar-refractivity contribution in [2.45, 2.75) is 26.3 Å². The molecule has 3 aromatic heterocycles. The molecule has 40 heavy (non-hydrogen) atoms. The van der Waals surface area contributed by atoms with E-state index < -0.39 is 11.4 Å². The largest absolute Gasteiger partial charge is 0.421 e. The van der Waals surface area contributed by atoms with Gasteiger partial charge in [-0.2, -0.15) is 10.1 Å². The summed E-state index contributed by atoms with van der Waals surface area (Å²) in [6.07, 6.45) is 8.03. The van der Waals surface area contributed by atoms with E-state index in [4.69, 9.17) is 9.72 Å². The Morgan fingerprint density at radius 3 is 2.67 bits per heavy atom. The first-order chi connectivity index (χ1) is 19.1. The van der Waals surface area contributed by atoms with Crippen molar-refractivity contribution in [3.8, 4) is 22.9 Å². The van der Waals surface area contributed by atoms with Crippen LogP contribution in [0.5, 0.6) is 11.8 Å². The minimum Gasteiger partial charge on any atom is -0.421 e. The molecular weight excluding hydrogens is 513 g/mol. The second-order valence-electron chi connectivity index (χ2n) is 10.1. The number of benzene rings is 1. The number of carbonyl (C=O) groups excluding carboxylic acids is 1. The van der Waals surface area contributed by atoms with Gasteiger partial charge >= 0.3 is 6.01 Å². The number of aryl methyl sites for hydroxylation is 2. The van der Waals surface area contributed by atoms with Gasteiger partial charge in [-0.25, -0.2) is 19.3 Å². The Kier molecular flexibility index (Phi) is 7.16. The molecule has 0 aliphatic carbocycles. The summed E-state index contributed by atoms with van der Waals surface area (Å²) in [6, 6.07) is 6.46. The predicted octanol–water partition coefficient (Wildman–Crippen LogP) is 4.26. The van der Waals surface area contributed by atoms with E-state index in [0.717, 1.165) is 5.69 Å². The summed E-state index contributed by atoms with van der Waals surface area (Å²) in [6.45, 7) is 11.0. The molecule has 0 bridgehead atoms. The molecule has 0 radical (unpaired) electrons. The molecule has 1 amide bonds. The summed E-state index contributed by atoms with van der Waals surface area (Å²) in [5.41, 5.74) is 2.15. The van der Waals surface area contributed by atoms with Crippen molar-refractivity contribution in [1.29, 1.82) is 0 Å². The molecule has 12 heteroatoms. The molecule has 0 atom stereocenters. The number of halogens is 1. The number of amides is 1. The van der Waals surface area contributed by atoms with Crippen LogP contribution < -0.4 is 15.0 Å². The third kappa shape index (κ3) is 5.60. The van der Waals surface area contributed by atoms with E-state index in [9.17, 15) is 4.79 Å².